The lowest BCUT2D eigenvalue weighted by molar-refractivity contribution is -0.153. The summed E-state index contributed by atoms with van der Waals surface area (Å²) in [5, 5.41) is 8.15. The van der Waals surface area contributed by atoms with Crippen molar-refractivity contribution in [3.63, 3.8) is 0 Å². The molecule has 0 N–H and O–H groups in total. The summed E-state index contributed by atoms with van der Waals surface area (Å²) in [6, 6.07) is 6.93. The van der Waals surface area contributed by atoms with Crippen LogP contribution in [0.5, 0.6) is 0 Å². The van der Waals surface area contributed by atoms with E-state index in [9.17, 15) is 9.59 Å². The summed E-state index contributed by atoms with van der Waals surface area (Å²) < 4.78 is 6.18. The molecule has 1 heterocycles. The molecular weight excluding hydrogens is 258 g/mol. The summed E-state index contributed by atoms with van der Waals surface area (Å²) in [7, 11) is 0. The molecule has 2 aromatic rings. The molecule has 0 aliphatic heterocycles. The standard InChI is InChI=1S/C14H17N3O3/c1-3-10(4-2)14(19)20-9-17-13(18)11-7-5-6-8-12(11)15-16-17/h5-8,10H,3-4,9H2,1-2H3. The highest BCUT2D eigenvalue weighted by molar-refractivity contribution is 5.76. The van der Waals surface area contributed by atoms with E-state index < -0.39 is 0 Å². The average Bonchev–Trinajstić information content (AvgIpc) is 2.48. The van der Waals surface area contributed by atoms with Crippen molar-refractivity contribution in [1.29, 1.82) is 0 Å². The minimum atomic E-state index is -0.312. The van der Waals surface area contributed by atoms with E-state index in [0.717, 1.165) is 4.68 Å². The molecule has 0 fully saturated rings. The van der Waals surface area contributed by atoms with Crippen molar-refractivity contribution in [2.75, 3.05) is 0 Å². The first kappa shape index (κ1) is 14.2. The van der Waals surface area contributed by atoms with Crippen molar-refractivity contribution in [3.8, 4) is 0 Å². The van der Waals surface area contributed by atoms with Gasteiger partial charge in [-0.3, -0.25) is 9.59 Å². The molecule has 106 valence electrons. The lowest BCUT2D eigenvalue weighted by Crippen LogP contribution is -2.28. The van der Waals surface area contributed by atoms with Crippen LogP contribution < -0.4 is 5.56 Å². The van der Waals surface area contributed by atoms with Crippen molar-refractivity contribution in [2.24, 2.45) is 5.92 Å². The second-order valence-corrected chi connectivity index (χ2v) is 4.52. The van der Waals surface area contributed by atoms with Gasteiger partial charge in [0.2, 0.25) is 0 Å². The third-order valence-electron chi connectivity index (χ3n) is 3.28. The molecule has 0 unspecified atom stereocenters. The monoisotopic (exact) mass is 275 g/mol. The van der Waals surface area contributed by atoms with Crippen LogP contribution in [0.2, 0.25) is 0 Å². The first-order chi connectivity index (χ1) is 9.67. The van der Waals surface area contributed by atoms with Crippen LogP contribution >= 0.6 is 0 Å². The van der Waals surface area contributed by atoms with Gasteiger partial charge in [0.25, 0.3) is 5.56 Å². The first-order valence-corrected chi connectivity index (χ1v) is 6.66. The summed E-state index contributed by atoms with van der Waals surface area (Å²) in [4.78, 5) is 23.9. The largest absolute Gasteiger partial charge is 0.442 e. The van der Waals surface area contributed by atoms with Gasteiger partial charge in [0, 0.05) is 0 Å². The van der Waals surface area contributed by atoms with Crippen LogP contribution in [0.3, 0.4) is 0 Å². The molecule has 0 aliphatic carbocycles. The van der Waals surface area contributed by atoms with Gasteiger partial charge in [0.1, 0.15) is 5.52 Å². The molecule has 0 aliphatic rings. The molecule has 0 radical (unpaired) electrons. The van der Waals surface area contributed by atoms with E-state index in [0.29, 0.717) is 23.7 Å². The molecule has 6 nitrogen and oxygen atoms in total. The van der Waals surface area contributed by atoms with E-state index in [-0.39, 0.29) is 24.2 Å². The zero-order valence-corrected chi connectivity index (χ0v) is 11.6. The third-order valence-corrected chi connectivity index (χ3v) is 3.28. The molecule has 1 aromatic heterocycles. The summed E-state index contributed by atoms with van der Waals surface area (Å²) in [6.07, 6.45) is 1.43. The quantitative estimate of drug-likeness (QED) is 0.777. The molecule has 0 amide bonds. The van der Waals surface area contributed by atoms with Crippen molar-refractivity contribution >= 4 is 16.9 Å². The summed E-state index contributed by atoms with van der Waals surface area (Å²) in [5.41, 5.74) is 0.216. The van der Waals surface area contributed by atoms with Gasteiger partial charge in [-0.05, 0) is 25.0 Å². The van der Waals surface area contributed by atoms with Gasteiger partial charge in [-0.15, -0.1) is 5.10 Å². The number of ether oxygens (including phenoxy) is 1. The highest BCUT2D eigenvalue weighted by atomic mass is 16.5. The van der Waals surface area contributed by atoms with Gasteiger partial charge >= 0.3 is 5.97 Å². The fraction of sp³-hybridized carbons (Fsp3) is 0.429. The van der Waals surface area contributed by atoms with Crippen molar-refractivity contribution < 1.29 is 9.53 Å². The Morgan fingerprint density at radius 3 is 2.70 bits per heavy atom. The number of carbonyl (C=O) groups is 1. The van der Waals surface area contributed by atoms with Crippen LogP contribution in [-0.2, 0) is 16.3 Å². The maximum Gasteiger partial charge on any atom is 0.310 e. The zero-order chi connectivity index (χ0) is 14.5. The topological polar surface area (TPSA) is 74.1 Å². The lowest BCUT2D eigenvalue weighted by Gasteiger charge is -2.12. The second kappa shape index (κ2) is 6.27. The molecule has 0 saturated carbocycles. The maximum absolute atomic E-state index is 12.1. The van der Waals surface area contributed by atoms with Gasteiger partial charge in [-0.25, -0.2) is 0 Å². The number of esters is 1. The third kappa shape index (κ3) is 2.84. The van der Waals surface area contributed by atoms with E-state index in [4.69, 9.17) is 4.74 Å². The number of aromatic nitrogens is 3. The molecule has 0 saturated heterocycles. The molecule has 20 heavy (non-hydrogen) atoms. The number of carbonyl (C=O) groups excluding carboxylic acids is 1. The van der Waals surface area contributed by atoms with Gasteiger partial charge in [0.15, 0.2) is 6.73 Å². The highest BCUT2D eigenvalue weighted by Crippen LogP contribution is 2.10. The average molecular weight is 275 g/mol. The minimum Gasteiger partial charge on any atom is -0.442 e. The Bertz CT molecular complexity index is 662. The summed E-state index contributed by atoms with van der Waals surface area (Å²) in [6.45, 7) is 3.65. The second-order valence-electron chi connectivity index (χ2n) is 4.52. The molecule has 0 spiro atoms. The molecule has 1 aromatic carbocycles. The number of nitrogens with zero attached hydrogens (tertiary/aromatic N) is 3. The van der Waals surface area contributed by atoms with Gasteiger partial charge in [-0.2, -0.15) is 4.68 Å². The number of fused-ring (bicyclic) bond motifs is 1. The van der Waals surface area contributed by atoms with Crippen LogP contribution in [0.25, 0.3) is 10.9 Å². The minimum absolute atomic E-state index is 0.140. The summed E-state index contributed by atoms with van der Waals surface area (Å²) >= 11 is 0. The predicted molar refractivity (Wildman–Crippen MR) is 74.0 cm³/mol. The smallest absolute Gasteiger partial charge is 0.310 e. The van der Waals surface area contributed by atoms with Crippen molar-refractivity contribution in [1.82, 2.24) is 15.0 Å². The van der Waals surface area contributed by atoms with E-state index in [1.807, 2.05) is 13.8 Å². The van der Waals surface area contributed by atoms with Gasteiger partial charge < -0.3 is 4.74 Å². The molecule has 0 atom stereocenters. The SMILES string of the molecule is CCC(CC)C(=O)OCn1nnc2ccccc2c1=O. The Kier molecular flexibility index (Phi) is 4.45. The Hall–Kier alpha value is -2.24. The highest BCUT2D eigenvalue weighted by Gasteiger charge is 2.16. The van der Waals surface area contributed by atoms with Crippen LogP contribution in [0, 0.1) is 5.92 Å². The van der Waals surface area contributed by atoms with Crippen LogP contribution in [0.15, 0.2) is 29.1 Å². The molecule has 0 bridgehead atoms. The molecule has 2 rings (SSSR count). The number of rotatable bonds is 5. The van der Waals surface area contributed by atoms with E-state index in [2.05, 4.69) is 10.3 Å². The predicted octanol–water partition coefficient (Wildman–Crippen LogP) is 1.73. The number of hydrogen-bond acceptors (Lipinski definition) is 5. The Morgan fingerprint density at radius 2 is 2.00 bits per heavy atom. The number of benzene rings is 1. The Balaban J connectivity index is 2.17. The van der Waals surface area contributed by atoms with Crippen molar-refractivity contribution in [2.45, 2.75) is 33.4 Å². The van der Waals surface area contributed by atoms with Crippen LogP contribution in [0.4, 0.5) is 0 Å². The lowest BCUT2D eigenvalue weighted by atomic mass is 10.0. The van der Waals surface area contributed by atoms with Gasteiger partial charge in [-0.1, -0.05) is 31.2 Å². The van der Waals surface area contributed by atoms with Gasteiger partial charge in [0.05, 0.1) is 11.3 Å². The first-order valence-electron chi connectivity index (χ1n) is 6.66. The van der Waals surface area contributed by atoms with E-state index >= 15 is 0 Å². The van der Waals surface area contributed by atoms with Crippen molar-refractivity contribution in [3.05, 3.63) is 34.6 Å². The zero-order valence-electron chi connectivity index (χ0n) is 11.6. The van der Waals surface area contributed by atoms with E-state index in [1.165, 1.54) is 0 Å². The molecular formula is C14H17N3O3. The molecule has 6 heteroatoms. The maximum atomic E-state index is 12.1. The van der Waals surface area contributed by atoms with E-state index in [1.54, 1.807) is 24.3 Å². The van der Waals surface area contributed by atoms with Crippen LogP contribution in [-0.4, -0.2) is 21.0 Å². The Morgan fingerprint density at radius 1 is 1.30 bits per heavy atom. The summed E-state index contributed by atoms with van der Waals surface area (Å²) in [5.74, 6) is -0.448. The normalized spacial score (nSPS) is 10.9. The number of hydrogen-bond donors (Lipinski definition) is 0. The fourth-order valence-corrected chi connectivity index (χ4v) is 1.97. The fourth-order valence-electron chi connectivity index (χ4n) is 1.97. The Labute approximate surface area is 116 Å². The van der Waals surface area contributed by atoms with Crippen LogP contribution in [0.1, 0.15) is 26.7 Å².